The van der Waals surface area contributed by atoms with Gasteiger partial charge in [-0.2, -0.15) is 0 Å². The second kappa shape index (κ2) is 9.58. The Balaban J connectivity index is 1.40. The van der Waals surface area contributed by atoms with Crippen LogP contribution in [0.2, 0.25) is 0 Å². The van der Waals surface area contributed by atoms with Crippen molar-refractivity contribution in [2.24, 2.45) is 5.92 Å². The minimum absolute atomic E-state index is 0.148. The lowest BCUT2D eigenvalue weighted by atomic mass is 10.1. The Kier molecular flexibility index (Phi) is 6.44. The molecule has 0 bridgehead atoms. The van der Waals surface area contributed by atoms with Gasteiger partial charge in [0, 0.05) is 75.7 Å². The molecule has 0 N–H and O–H groups in total. The highest BCUT2D eigenvalue weighted by molar-refractivity contribution is 5.76. The molecule has 1 aliphatic heterocycles. The van der Waals surface area contributed by atoms with Gasteiger partial charge < -0.3 is 14.4 Å². The third-order valence-electron chi connectivity index (χ3n) is 5.41. The Morgan fingerprint density at radius 2 is 1.97 bits per heavy atom. The average molecular weight is 406 g/mol. The van der Waals surface area contributed by atoms with Crippen LogP contribution in [0, 0.1) is 5.92 Å². The van der Waals surface area contributed by atoms with E-state index in [2.05, 4.69) is 42.5 Å². The Hall–Kier alpha value is -3.13. The number of fused-ring (bicyclic) bond motifs is 1. The van der Waals surface area contributed by atoms with E-state index < -0.39 is 0 Å². The number of rotatable bonds is 7. The van der Waals surface area contributed by atoms with Crippen LogP contribution in [0.5, 0.6) is 0 Å². The molecule has 0 unspecified atom stereocenters. The van der Waals surface area contributed by atoms with Crippen LogP contribution in [-0.4, -0.2) is 60.3 Å². The molecule has 0 saturated heterocycles. The number of pyridine rings is 1. The number of carbonyl (C=O) groups is 1. The van der Waals surface area contributed by atoms with Crippen molar-refractivity contribution in [1.82, 2.24) is 34.3 Å². The lowest BCUT2D eigenvalue weighted by Crippen LogP contribution is -2.38. The summed E-state index contributed by atoms with van der Waals surface area (Å²) in [4.78, 5) is 34.0. The van der Waals surface area contributed by atoms with Crippen molar-refractivity contribution in [2.45, 2.75) is 32.5 Å². The van der Waals surface area contributed by atoms with E-state index in [1.807, 2.05) is 29.6 Å². The van der Waals surface area contributed by atoms with Gasteiger partial charge in [-0.05, 0) is 30.7 Å². The number of aryl methyl sites for hydroxylation is 1. The van der Waals surface area contributed by atoms with Gasteiger partial charge in [-0.25, -0.2) is 15.0 Å². The van der Waals surface area contributed by atoms with E-state index in [-0.39, 0.29) is 5.91 Å². The first-order chi connectivity index (χ1) is 14.7. The number of imidazole rings is 1. The maximum absolute atomic E-state index is 13.0. The van der Waals surface area contributed by atoms with Crippen molar-refractivity contribution in [3.05, 3.63) is 72.6 Å². The van der Waals surface area contributed by atoms with E-state index in [0.717, 1.165) is 37.6 Å². The summed E-state index contributed by atoms with van der Waals surface area (Å²) in [6, 6.07) is 4.05. The SMILES string of the molecule is CN(Cc1cccnc1)C[C@H]1CN(C(=O)CCc2cncnc2)Cc2nccn2C1. The lowest BCUT2D eigenvalue weighted by Gasteiger charge is -2.27. The summed E-state index contributed by atoms with van der Waals surface area (Å²) in [7, 11) is 2.12. The second-order valence-electron chi connectivity index (χ2n) is 7.94. The third kappa shape index (κ3) is 5.27. The molecule has 3 aromatic rings. The summed E-state index contributed by atoms with van der Waals surface area (Å²) < 4.78 is 2.18. The van der Waals surface area contributed by atoms with Gasteiger partial charge in [0.15, 0.2) is 0 Å². The first kappa shape index (κ1) is 20.2. The maximum Gasteiger partial charge on any atom is 0.223 e. The van der Waals surface area contributed by atoms with Crippen LogP contribution in [0.1, 0.15) is 23.4 Å². The first-order valence-corrected chi connectivity index (χ1v) is 10.3. The number of amides is 1. The van der Waals surface area contributed by atoms with Gasteiger partial charge in [0.2, 0.25) is 5.91 Å². The highest BCUT2D eigenvalue weighted by Crippen LogP contribution is 2.18. The van der Waals surface area contributed by atoms with Crippen LogP contribution in [0.25, 0.3) is 0 Å². The summed E-state index contributed by atoms with van der Waals surface area (Å²) in [6.07, 6.45) is 13.7. The van der Waals surface area contributed by atoms with E-state index in [4.69, 9.17) is 0 Å². The highest BCUT2D eigenvalue weighted by Gasteiger charge is 2.26. The molecule has 8 nitrogen and oxygen atoms in total. The summed E-state index contributed by atoms with van der Waals surface area (Å²) in [5, 5.41) is 0. The largest absolute Gasteiger partial charge is 0.335 e. The third-order valence-corrected chi connectivity index (χ3v) is 5.41. The monoisotopic (exact) mass is 405 g/mol. The van der Waals surface area contributed by atoms with Crippen LogP contribution < -0.4 is 0 Å². The zero-order valence-electron chi connectivity index (χ0n) is 17.3. The van der Waals surface area contributed by atoms with Gasteiger partial charge >= 0.3 is 0 Å². The Morgan fingerprint density at radius 1 is 1.13 bits per heavy atom. The van der Waals surface area contributed by atoms with E-state index >= 15 is 0 Å². The molecule has 0 aromatic carbocycles. The molecule has 1 amide bonds. The van der Waals surface area contributed by atoms with Gasteiger partial charge in [0.1, 0.15) is 12.2 Å². The van der Waals surface area contributed by atoms with Crippen LogP contribution in [-0.2, 0) is 30.8 Å². The van der Waals surface area contributed by atoms with Gasteiger partial charge in [-0.3, -0.25) is 9.78 Å². The van der Waals surface area contributed by atoms with Crippen molar-refractivity contribution in [2.75, 3.05) is 20.1 Å². The van der Waals surface area contributed by atoms with E-state index in [0.29, 0.717) is 25.3 Å². The van der Waals surface area contributed by atoms with E-state index in [1.165, 1.54) is 11.9 Å². The first-order valence-electron chi connectivity index (χ1n) is 10.3. The van der Waals surface area contributed by atoms with Crippen molar-refractivity contribution in [3.63, 3.8) is 0 Å². The fourth-order valence-electron chi connectivity index (χ4n) is 4.02. The number of hydrogen-bond donors (Lipinski definition) is 0. The van der Waals surface area contributed by atoms with Crippen molar-refractivity contribution >= 4 is 5.91 Å². The molecule has 4 rings (SSSR count). The lowest BCUT2D eigenvalue weighted by molar-refractivity contribution is -0.132. The Bertz CT molecular complexity index is 944. The minimum Gasteiger partial charge on any atom is -0.335 e. The smallest absolute Gasteiger partial charge is 0.223 e. The van der Waals surface area contributed by atoms with Gasteiger partial charge in [-0.15, -0.1) is 0 Å². The summed E-state index contributed by atoms with van der Waals surface area (Å²) in [6.45, 7) is 3.87. The molecule has 1 aliphatic rings. The van der Waals surface area contributed by atoms with Gasteiger partial charge in [0.05, 0.1) is 6.54 Å². The molecule has 30 heavy (non-hydrogen) atoms. The molecule has 0 aliphatic carbocycles. The average Bonchev–Trinajstić information content (AvgIpc) is 3.12. The molecule has 1 atom stereocenters. The standard InChI is InChI=1S/C22H27N7O/c1-27(12-19-3-2-6-23-11-19)13-20-14-28-8-7-26-21(28)16-29(15-20)22(30)5-4-18-9-24-17-25-10-18/h2-3,6-11,17,20H,4-5,12-16H2,1H3/t20-/m1/s1. The fourth-order valence-corrected chi connectivity index (χ4v) is 4.02. The molecule has 3 aromatic heterocycles. The Morgan fingerprint density at radius 3 is 2.77 bits per heavy atom. The summed E-state index contributed by atoms with van der Waals surface area (Å²) >= 11 is 0. The highest BCUT2D eigenvalue weighted by atomic mass is 16.2. The maximum atomic E-state index is 13.0. The van der Waals surface area contributed by atoms with Gasteiger partial charge in [-0.1, -0.05) is 6.07 Å². The molecular formula is C22H27N7O. The number of nitrogens with zero attached hydrogens (tertiary/aromatic N) is 7. The Labute approximate surface area is 176 Å². The molecule has 4 heterocycles. The second-order valence-corrected chi connectivity index (χ2v) is 7.94. The zero-order chi connectivity index (χ0) is 20.8. The quantitative estimate of drug-likeness (QED) is 0.596. The molecule has 0 radical (unpaired) electrons. The van der Waals surface area contributed by atoms with E-state index in [1.54, 1.807) is 18.6 Å². The molecule has 0 fully saturated rings. The predicted molar refractivity (Wildman–Crippen MR) is 112 cm³/mol. The normalized spacial score (nSPS) is 16.3. The molecular weight excluding hydrogens is 378 g/mol. The van der Waals surface area contributed by atoms with Crippen molar-refractivity contribution in [3.8, 4) is 0 Å². The zero-order valence-corrected chi connectivity index (χ0v) is 17.3. The van der Waals surface area contributed by atoms with Crippen LogP contribution >= 0.6 is 0 Å². The minimum atomic E-state index is 0.148. The number of carbonyl (C=O) groups excluding carboxylic acids is 1. The molecule has 156 valence electrons. The summed E-state index contributed by atoms with van der Waals surface area (Å²) in [5.41, 5.74) is 2.17. The fraction of sp³-hybridized carbons (Fsp3) is 0.409. The topological polar surface area (TPSA) is 80.0 Å². The summed E-state index contributed by atoms with van der Waals surface area (Å²) in [5.74, 6) is 1.42. The van der Waals surface area contributed by atoms with Crippen LogP contribution in [0.3, 0.4) is 0 Å². The van der Waals surface area contributed by atoms with Crippen molar-refractivity contribution < 1.29 is 4.79 Å². The van der Waals surface area contributed by atoms with Gasteiger partial charge in [0.25, 0.3) is 0 Å². The van der Waals surface area contributed by atoms with Crippen LogP contribution in [0.15, 0.2) is 55.6 Å². The molecule has 0 saturated carbocycles. The van der Waals surface area contributed by atoms with Crippen LogP contribution in [0.4, 0.5) is 0 Å². The number of hydrogen-bond acceptors (Lipinski definition) is 6. The predicted octanol–water partition coefficient (Wildman–Crippen LogP) is 1.79. The molecule has 8 heteroatoms. The van der Waals surface area contributed by atoms with E-state index in [9.17, 15) is 4.79 Å². The molecule has 0 spiro atoms. The van der Waals surface area contributed by atoms with Crippen molar-refractivity contribution in [1.29, 1.82) is 0 Å². The number of aromatic nitrogens is 5.